The van der Waals surface area contributed by atoms with Crippen LogP contribution in [0.1, 0.15) is 0 Å². The van der Waals surface area contributed by atoms with E-state index in [0.29, 0.717) is 0 Å². The summed E-state index contributed by atoms with van der Waals surface area (Å²) in [6.45, 7) is 0. The summed E-state index contributed by atoms with van der Waals surface area (Å²) in [7, 11) is 0. The van der Waals surface area contributed by atoms with Gasteiger partial charge >= 0.3 is 21.1 Å². The molecule has 0 heterocycles. The topological polar surface area (TPSA) is 161 Å². The average Bonchev–Trinajstić information content (AvgIpc) is 1.88. The first-order chi connectivity index (χ1) is 5.29. The normalized spacial score (nSPS) is 6.77. The molecule has 0 rings (SSSR count). The van der Waals surface area contributed by atoms with Crippen molar-refractivity contribution in [1.29, 1.82) is 0 Å². The Kier molecular flexibility index (Phi) is 11.7. The number of hydrogen-bond acceptors (Lipinski definition) is 8. The van der Waals surface area contributed by atoms with Crippen molar-refractivity contribution in [3.63, 3.8) is 0 Å². The number of hydrogen-bond donors (Lipinski definition) is 0. The van der Waals surface area contributed by atoms with Gasteiger partial charge in [-0.25, -0.2) is 0 Å². The van der Waals surface area contributed by atoms with Gasteiger partial charge in [0.1, 0.15) is 0 Å². The van der Waals surface area contributed by atoms with Gasteiger partial charge in [-0.15, -0.1) is 0 Å². The third-order valence-corrected chi connectivity index (χ3v) is 0.333. The molecule has 0 aliphatic rings. The number of carboxylic acids is 4. The molecule has 0 bridgehead atoms. The fourth-order valence-electron chi connectivity index (χ4n) is 0. The molecule has 0 N–H and O–H groups in total. The number of aliphatic carboxylic acids is 4. The van der Waals surface area contributed by atoms with Crippen LogP contribution in [-0.4, -0.2) is 23.9 Å². The van der Waals surface area contributed by atoms with Gasteiger partial charge in [-0.2, -0.15) is 0 Å². The van der Waals surface area contributed by atoms with E-state index in [2.05, 4.69) is 0 Å². The van der Waals surface area contributed by atoms with Crippen molar-refractivity contribution in [1.82, 2.24) is 0 Å². The van der Waals surface area contributed by atoms with Gasteiger partial charge in [-0.3, -0.25) is 0 Å². The second-order valence-corrected chi connectivity index (χ2v) is 1.15. The molecule has 0 aromatic rings. The Morgan fingerprint density at radius 2 is 0.615 bits per heavy atom. The van der Waals surface area contributed by atoms with Crippen molar-refractivity contribution in [2.45, 2.75) is 0 Å². The van der Waals surface area contributed by atoms with Gasteiger partial charge in [0.2, 0.25) is 0 Å². The monoisotopic (exact) mass is 360 g/mol. The van der Waals surface area contributed by atoms with Crippen molar-refractivity contribution >= 4 is 23.9 Å². The maximum atomic E-state index is 8.93. The van der Waals surface area contributed by atoms with Gasteiger partial charge in [0.25, 0.3) is 0 Å². The molecule has 0 saturated heterocycles. The Bertz CT molecular complexity index is 172. The molecule has 0 atom stereocenters. The molecule has 0 spiro atoms. The number of carbonyl (C=O) groups is 4. The summed E-state index contributed by atoms with van der Waals surface area (Å²) >= 11 is 0. The molecule has 0 amide bonds. The van der Waals surface area contributed by atoms with Crippen LogP contribution in [0.3, 0.4) is 0 Å². The first-order valence-electron chi connectivity index (χ1n) is 2.13. The quantitative estimate of drug-likeness (QED) is 0.385. The van der Waals surface area contributed by atoms with Gasteiger partial charge in [0.05, 0.1) is 23.9 Å². The largest absolute Gasteiger partial charge is 4.00 e. The van der Waals surface area contributed by atoms with Crippen LogP contribution in [0.4, 0.5) is 0 Å². The molecule has 0 saturated carbocycles. The smallest absolute Gasteiger partial charge is 0.543 e. The summed E-state index contributed by atoms with van der Waals surface area (Å²) in [6.07, 6.45) is 0. The van der Waals surface area contributed by atoms with Crippen molar-refractivity contribution in [2.24, 2.45) is 0 Å². The third kappa shape index (κ3) is 18.0. The molecule has 0 radical (unpaired) electrons. The van der Waals surface area contributed by atoms with Crippen molar-refractivity contribution < 1.29 is 60.7 Å². The van der Waals surface area contributed by atoms with Crippen molar-refractivity contribution in [3.8, 4) is 0 Å². The van der Waals surface area contributed by atoms with Crippen molar-refractivity contribution in [2.75, 3.05) is 0 Å². The Hall–Kier alpha value is -1.43. The van der Waals surface area contributed by atoms with Crippen LogP contribution < -0.4 is 20.4 Å². The summed E-state index contributed by atoms with van der Waals surface area (Å²) in [4.78, 5) is 35.7. The zero-order valence-electron chi connectivity index (χ0n) is 5.67. The molecular formula is C4O8W. The van der Waals surface area contributed by atoms with E-state index in [4.69, 9.17) is 39.6 Å². The first kappa shape index (κ1) is 17.6. The van der Waals surface area contributed by atoms with E-state index < -0.39 is 23.9 Å². The maximum Gasteiger partial charge on any atom is 4.00 e. The van der Waals surface area contributed by atoms with E-state index in [1.54, 1.807) is 0 Å². The standard InChI is InChI=1S/2C2H2O4.W/c2*3-1(4)2(5)6;/h2*(H,3,4)(H,5,6);/q;;+4/p-4. The molecule has 13 heavy (non-hydrogen) atoms. The van der Waals surface area contributed by atoms with Crippen LogP contribution in [0, 0.1) is 0 Å². The zero-order chi connectivity index (χ0) is 10.3. The first-order valence-corrected chi connectivity index (χ1v) is 2.13. The van der Waals surface area contributed by atoms with E-state index in [-0.39, 0.29) is 21.1 Å². The van der Waals surface area contributed by atoms with E-state index in [9.17, 15) is 0 Å². The predicted molar refractivity (Wildman–Crippen MR) is 20.0 cm³/mol. The molecular weight excluding hydrogens is 360 g/mol. The van der Waals surface area contributed by atoms with Crippen LogP contribution >= 0.6 is 0 Å². The van der Waals surface area contributed by atoms with Crippen LogP contribution in [0.5, 0.6) is 0 Å². The molecule has 0 unspecified atom stereocenters. The van der Waals surface area contributed by atoms with Crippen LogP contribution in [0.15, 0.2) is 0 Å². The van der Waals surface area contributed by atoms with Gasteiger partial charge < -0.3 is 39.6 Å². The Morgan fingerprint density at radius 3 is 0.615 bits per heavy atom. The predicted octanol–water partition coefficient (Wildman–Crippen LogP) is -7.03. The Morgan fingerprint density at radius 1 is 0.538 bits per heavy atom. The number of carboxylic acid groups (broad SMARTS) is 4. The van der Waals surface area contributed by atoms with E-state index in [1.807, 2.05) is 0 Å². The molecule has 0 aromatic carbocycles. The minimum absolute atomic E-state index is 0. The van der Waals surface area contributed by atoms with E-state index in [0.717, 1.165) is 0 Å². The van der Waals surface area contributed by atoms with Crippen LogP contribution in [-0.2, 0) is 40.2 Å². The van der Waals surface area contributed by atoms with E-state index in [1.165, 1.54) is 0 Å². The fourth-order valence-corrected chi connectivity index (χ4v) is 0. The molecule has 9 heteroatoms. The Balaban J connectivity index is -0.000000143. The second-order valence-electron chi connectivity index (χ2n) is 1.15. The maximum absolute atomic E-state index is 8.93. The molecule has 0 aromatic heterocycles. The summed E-state index contributed by atoms with van der Waals surface area (Å²) in [5.41, 5.74) is 0. The zero-order valence-corrected chi connectivity index (χ0v) is 8.61. The molecule has 70 valence electrons. The SMILES string of the molecule is O=C([O-])C(=O)[O-].O=C([O-])C(=O)[O-].[W+4]. The summed E-state index contributed by atoms with van der Waals surface area (Å²) in [5.74, 6) is -8.74. The average molecular weight is 360 g/mol. The minimum atomic E-state index is -2.19. The van der Waals surface area contributed by atoms with Crippen LogP contribution in [0.2, 0.25) is 0 Å². The number of carbonyl (C=O) groups excluding carboxylic acids is 4. The summed E-state index contributed by atoms with van der Waals surface area (Å²) in [5, 5.41) is 35.7. The Labute approximate surface area is 85.1 Å². The van der Waals surface area contributed by atoms with Gasteiger partial charge in [0, 0.05) is 0 Å². The molecule has 8 nitrogen and oxygen atoms in total. The second kappa shape index (κ2) is 8.66. The molecule has 0 aliphatic heterocycles. The third-order valence-electron chi connectivity index (χ3n) is 0.333. The van der Waals surface area contributed by atoms with E-state index >= 15 is 0 Å². The van der Waals surface area contributed by atoms with Gasteiger partial charge in [-0.05, 0) is 0 Å². The van der Waals surface area contributed by atoms with Crippen molar-refractivity contribution in [3.05, 3.63) is 0 Å². The summed E-state index contributed by atoms with van der Waals surface area (Å²) in [6, 6.07) is 0. The van der Waals surface area contributed by atoms with Gasteiger partial charge in [0.15, 0.2) is 0 Å². The fraction of sp³-hybridized carbons (Fsp3) is 0. The van der Waals surface area contributed by atoms with Gasteiger partial charge in [-0.1, -0.05) is 0 Å². The molecule has 0 fully saturated rings. The summed E-state index contributed by atoms with van der Waals surface area (Å²) < 4.78 is 0. The minimum Gasteiger partial charge on any atom is -0.543 e. The number of rotatable bonds is 0. The van der Waals surface area contributed by atoms with Crippen LogP contribution in [0.25, 0.3) is 0 Å². The molecule has 0 aliphatic carbocycles.